The summed E-state index contributed by atoms with van der Waals surface area (Å²) in [6.45, 7) is -0.0455. The molecule has 1 aliphatic rings. The average Bonchev–Trinajstić information content (AvgIpc) is 2.72. The summed E-state index contributed by atoms with van der Waals surface area (Å²) in [6.07, 6.45) is 0.187. The zero-order valence-electron chi connectivity index (χ0n) is 11.4. The Labute approximate surface area is 121 Å². The number of carbonyl (C=O) groups excluding carboxylic acids is 3. The highest BCUT2D eigenvalue weighted by molar-refractivity contribution is 6.52. The van der Waals surface area contributed by atoms with Gasteiger partial charge < -0.3 is 10.1 Å². The molecule has 1 aliphatic heterocycles. The lowest BCUT2D eigenvalue weighted by molar-refractivity contribution is -0.122. The van der Waals surface area contributed by atoms with Gasteiger partial charge in [0.15, 0.2) is 0 Å². The molecule has 0 spiro atoms. The number of anilines is 1. The molecule has 0 fully saturated rings. The molecule has 0 aliphatic carbocycles. The first kappa shape index (κ1) is 14.5. The number of hydrogen-bond acceptors (Lipinski definition) is 5. The Balaban J connectivity index is 2.16. The molecule has 7 heteroatoms. The van der Waals surface area contributed by atoms with E-state index in [9.17, 15) is 14.4 Å². The Kier molecular flexibility index (Phi) is 4.18. The van der Waals surface area contributed by atoms with Crippen LogP contribution < -0.4 is 15.0 Å². The summed E-state index contributed by atoms with van der Waals surface area (Å²) in [5.41, 5.74) is 0.616. The van der Waals surface area contributed by atoms with Gasteiger partial charge in [0.1, 0.15) is 12.3 Å². The Hall–Kier alpha value is -2.88. The van der Waals surface area contributed by atoms with Gasteiger partial charge in [0.25, 0.3) is 11.7 Å². The normalized spacial score (nSPS) is 12.9. The molecule has 2 amide bonds. The van der Waals surface area contributed by atoms with Crippen LogP contribution in [0.2, 0.25) is 0 Å². The van der Waals surface area contributed by atoms with Crippen molar-refractivity contribution in [1.82, 2.24) is 5.32 Å². The first-order chi connectivity index (χ1) is 10.1. The second-order valence-corrected chi connectivity index (χ2v) is 4.36. The molecule has 2 rings (SSSR count). The van der Waals surface area contributed by atoms with Gasteiger partial charge in [-0.1, -0.05) is 0 Å². The number of fused-ring (bicyclic) bond motifs is 1. The number of amides is 2. The van der Waals surface area contributed by atoms with Crippen LogP contribution in [-0.4, -0.2) is 37.8 Å². The Morgan fingerprint density at radius 3 is 2.86 bits per heavy atom. The van der Waals surface area contributed by atoms with Crippen LogP contribution in [0.3, 0.4) is 0 Å². The van der Waals surface area contributed by atoms with E-state index in [0.717, 1.165) is 4.90 Å². The Morgan fingerprint density at radius 1 is 1.43 bits per heavy atom. The fraction of sp³-hybridized carbons (Fsp3) is 0.286. The minimum Gasteiger partial charge on any atom is -0.497 e. The molecule has 0 bridgehead atoms. The van der Waals surface area contributed by atoms with Crippen molar-refractivity contribution in [2.24, 2.45) is 0 Å². The summed E-state index contributed by atoms with van der Waals surface area (Å²) in [5, 5.41) is 10.9. The third-order valence-electron chi connectivity index (χ3n) is 3.04. The number of ketones is 1. The van der Waals surface area contributed by atoms with E-state index in [1.54, 1.807) is 12.1 Å². The molecule has 0 saturated carbocycles. The van der Waals surface area contributed by atoms with Gasteiger partial charge in [-0.15, -0.1) is 0 Å². The monoisotopic (exact) mass is 287 g/mol. The molecule has 21 heavy (non-hydrogen) atoms. The number of Topliss-reactive ketones (excluding diaryl/α,β-unsaturated/α-hetero) is 1. The van der Waals surface area contributed by atoms with Crippen LogP contribution in [0.1, 0.15) is 16.8 Å². The van der Waals surface area contributed by atoms with Crippen LogP contribution >= 0.6 is 0 Å². The maximum absolute atomic E-state index is 11.9. The number of rotatable bonds is 5. The number of carbonyl (C=O) groups is 3. The predicted octanol–water partition coefficient (Wildman–Crippen LogP) is 0.254. The zero-order valence-corrected chi connectivity index (χ0v) is 11.4. The highest BCUT2D eigenvalue weighted by atomic mass is 16.5. The minimum absolute atomic E-state index is 0.187. The summed E-state index contributed by atoms with van der Waals surface area (Å²) in [7, 11) is 1.46. The molecule has 0 saturated heterocycles. The van der Waals surface area contributed by atoms with Crippen LogP contribution in [0, 0.1) is 11.3 Å². The van der Waals surface area contributed by atoms with Gasteiger partial charge in [-0.25, -0.2) is 0 Å². The van der Waals surface area contributed by atoms with E-state index >= 15 is 0 Å². The summed E-state index contributed by atoms with van der Waals surface area (Å²) in [5.74, 6) is -1.35. The van der Waals surface area contributed by atoms with Crippen molar-refractivity contribution in [2.75, 3.05) is 25.1 Å². The van der Waals surface area contributed by atoms with E-state index in [0.29, 0.717) is 11.4 Å². The van der Waals surface area contributed by atoms with Crippen molar-refractivity contribution < 1.29 is 19.1 Å². The SMILES string of the molecule is COc1ccc2c(c1)C(=O)C(=O)N2CC(=O)NCCC#N. The maximum Gasteiger partial charge on any atom is 0.299 e. The third kappa shape index (κ3) is 2.84. The molecule has 1 heterocycles. The molecule has 0 atom stereocenters. The lowest BCUT2D eigenvalue weighted by atomic mass is 10.1. The van der Waals surface area contributed by atoms with E-state index in [2.05, 4.69) is 5.32 Å². The standard InChI is InChI=1S/C14H13N3O4/c1-21-9-3-4-11-10(7-9)13(19)14(20)17(11)8-12(18)16-6-2-5-15/h3-4,7H,2,6,8H2,1H3,(H,16,18). The van der Waals surface area contributed by atoms with Crippen molar-refractivity contribution in [2.45, 2.75) is 6.42 Å². The fourth-order valence-corrected chi connectivity index (χ4v) is 2.02. The van der Waals surface area contributed by atoms with E-state index in [4.69, 9.17) is 10.00 Å². The molecule has 1 N–H and O–H groups in total. The van der Waals surface area contributed by atoms with Crippen LogP contribution in [-0.2, 0) is 9.59 Å². The quantitative estimate of drug-likeness (QED) is 0.618. The predicted molar refractivity (Wildman–Crippen MR) is 72.9 cm³/mol. The van der Waals surface area contributed by atoms with Gasteiger partial charge in [-0.05, 0) is 18.2 Å². The smallest absolute Gasteiger partial charge is 0.299 e. The average molecular weight is 287 g/mol. The van der Waals surface area contributed by atoms with Gasteiger partial charge in [0.05, 0.1) is 30.9 Å². The van der Waals surface area contributed by atoms with Crippen LogP contribution in [0.5, 0.6) is 5.75 Å². The molecule has 1 aromatic carbocycles. The fourth-order valence-electron chi connectivity index (χ4n) is 2.02. The number of nitrogens with one attached hydrogen (secondary N) is 1. The molecular weight excluding hydrogens is 274 g/mol. The van der Waals surface area contributed by atoms with Gasteiger partial charge in [0.2, 0.25) is 5.91 Å². The zero-order chi connectivity index (χ0) is 15.4. The maximum atomic E-state index is 11.9. The number of methoxy groups -OCH3 is 1. The van der Waals surface area contributed by atoms with Crippen molar-refractivity contribution in [3.63, 3.8) is 0 Å². The molecule has 0 unspecified atom stereocenters. The number of ether oxygens (including phenoxy) is 1. The molecule has 1 aromatic rings. The largest absolute Gasteiger partial charge is 0.497 e. The summed E-state index contributed by atoms with van der Waals surface area (Å²) >= 11 is 0. The summed E-state index contributed by atoms with van der Waals surface area (Å²) < 4.78 is 5.01. The van der Waals surface area contributed by atoms with Crippen molar-refractivity contribution in [3.8, 4) is 11.8 Å². The Morgan fingerprint density at radius 2 is 2.19 bits per heavy atom. The minimum atomic E-state index is -0.742. The summed E-state index contributed by atoms with van der Waals surface area (Å²) in [4.78, 5) is 36.7. The number of nitrogens with zero attached hydrogens (tertiary/aromatic N) is 2. The van der Waals surface area contributed by atoms with Gasteiger partial charge in [-0.3, -0.25) is 19.3 Å². The second-order valence-electron chi connectivity index (χ2n) is 4.36. The molecule has 108 valence electrons. The molecular formula is C14H13N3O4. The summed E-state index contributed by atoms with van der Waals surface area (Å²) in [6, 6.07) is 6.56. The van der Waals surface area contributed by atoms with Crippen LogP contribution in [0.4, 0.5) is 5.69 Å². The highest BCUT2D eigenvalue weighted by Crippen LogP contribution is 2.31. The van der Waals surface area contributed by atoms with Crippen molar-refractivity contribution in [1.29, 1.82) is 5.26 Å². The van der Waals surface area contributed by atoms with E-state index in [1.807, 2.05) is 6.07 Å². The first-order valence-corrected chi connectivity index (χ1v) is 6.26. The van der Waals surface area contributed by atoms with E-state index in [1.165, 1.54) is 13.2 Å². The Bertz CT molecular complexity index is 648. The van der Waals surface area contributed by atoms with Gasteiger partial charge in [0, 0.05) is 6.54 Å². The topological polar surface area (TPSA) is 99.5 Å². The number of hydrogen-bond donors (Lipinski definition) is 1. The van der Waals surface area contributed by atoms with Crippen LogP contribution in [0.15, 0.2) is 18.2 Å². The lowest BCUT2D eigenvalue weighted by Crippen LogP contribution is -2.40. The van der Waals surface area contributed by atoms with Crippen molar-refractivity contribution >= 4 is 23.3 Å². The third-order valence-corrected chi connectivity index (χ3v) is 3.04. The number of nitriles is 1. The van der Waals surface area contributed by atoms with E-state index in [-0.39, 0.29) is 25.1 Å². The van der Waals surface area contributed by atoms with Crippen LogP contribution in [0.25, 0.3) is 0 Å². The van der Waals surface area contributed by atoms with E-state index < -0.39 is 17.6 Å². The molecule has 0 aromatic heterocycles. The van der Waals surface area contributed by atoms with Crippen molar-refractivity contribution in [3.05, 3.63) is 23.8 Å². The first-order valence-electron chi connectivity index (χ1n) is 6.26. The number of benzene rings is 1. The molecule has 0 radical (unpaired) electrons. The van der Waals surface area contributed by atoms with Gasteiger partial charge in [-0.2, -0.15) is 5.26 Å². The van der Waals surface area contributed by atoms with Gasteiger partial charge >= 0.3 is 0 Å². The second kappa shape index (κ2) is 6.05. The molecule has 7 nitrogen and oxygen atoms in total. The lowest BCUT2D eigenvalue weighted by Gasteiger charge is -2.16. The highest BCUT2D eigenvalue weighted by Gasteiger charge is 2.37.